The number of nitrogens with zero attached hydrogens (tertiary/aromatic N) is 1. The number of nitrogens with one attached hydrogen (secondary N) is 2. The first-order chi connectivity index (χ1) is 12.0. The van der Waals surface area contributed by atoms with Gasteiger partial charge in [0.05, 0.1) is 12.8 Å². The van der Waals surface area contributed by atoms with E-state index in [0.717, 1.165) is 21.9 Å². The fourth-order valence-electron chi connectivity index (χ4n) is 2.44. The number of carbonyl (C=O) groups is 1. The van der Waals surface area contributed by atoms with E-state index in [1.165, 1.54) is 6.26 Å². The van der Waals surface area contributed by atoms with Crippen LogP contribution in [0, 0.1) is 13.8 Å². The number of furan rings is 1. The van der Waals surface area contributed by atoms with Crippen LogP contribution in [0.25, 0.3) is 0 Å². The number of hydrogen-bond acceptors (Lipinski definition) is 4. The van der Waals surface area contributed by atoms with Crippen molar-refractivity contribution in [2.75, 3.05) is 5.32 Å². The molecule has 0 spiro atoms. The molecule has 0 aliphatic heterocycles. The van der Waals surface area contributed by atoms with Gasteiger partial charge in [0, 0.05) is 11.9 Å². The lowest BCUT2D eigenvalue weighted by molar-refractivity contribution is 0.102. The van der Waals surface area contributed by atoms with E-state index in [1.807, 2.05) is 32.0 Å². The van der Waals surface area contributed by atoms with Crippen molar-refractivity contribution in [2.45, 2.75) is 20.4 Å². The molecule has 7 heteroatoms. The molecular formula is C18H17N3O4. The number of aromatic nitrogens is 2. The number of hydrogen-bond donors (Lipinski definition) is 2. The van der Waals surface area contributed by atoms with Gasteiger partial charge in [0.15, 0.2) is 0 Å². The molecule has 0 aliphatic carbocycles. The van der Waals surface area contributed by atoms with E-state index in [-0.39, 0.29) is 12.1 Å². The van der Waals surface area contributed by atoms with E-state index in [0.29, 0.717) is 11.4 Å². The Labute approximate surface area is 142 Å². The summed E-state index contributed by atoms with van der Waals surface area (Å²) in [6.45, 7) is 3.72. The molecule has 0 fully saturated rings. The summed E-state index contributed by atoms with van der Waals surface area (Å²) in [6.07, 6.45) is 2.58. The molecule has 2 N–H and O–H groups in total. The summed E-state index contributed by atoms with van der Waals surface area (Å²) in [5, 5.41) is 2.72. The Bertz CT molecular complexity index is 1030. The van der Waals surface area contributed by atoms with Crippen molar-refractivity contribution in [1.82, 2.24) is 9.55 Å². The molecule has 0 aliphatic rings. The molecule has 2 aromatic heterocycles. The maximum absolute atomic E-state index is 12.5. The number of carbonyl (C=O) groups excluding carboxylic acids is 1. The second-order valence-corrected chi connectivity index (χ2v) is 5.75. The van der Waals surface area contributed by atoms with Crippen LogP contribution in [0.2, 0.25) is 0 Å². The van der Waals surface area contributed by atoms with E-state index in [4.69, 9.17) is 4.42 Å². The van der Waals surface area contributed by atoms with Gasteiger partial charge >= 0.3 is 5.69 Å². The highest BCUT2D eigenvalue weighted by molar-refractivity contribution is 6.04. The van der Waals surface area contributed by atoms with Crippen molar-refractivity contribution in [3.05, 3.63) is 86.1 Å². The van der Waals surface area contributed by atoms with E-state index >= 15 is 0 Å². The highest BCUT2D eigenvalue weighted by atomic mass is 16.3. The summed E-state index contributed by atoms with van der Waals surface area (Å²) in [4.78, 5) is 39.4. The van der Waals surface area contributed by atoms with Crippen LogP contribution in [0.5, 0.6) is 0 Å². The Morgan fingerprint density at radius 3 is 2.76 bits per heavy atom. The highest BCUT2D eigenvalue weighted by Crippen LogP contribution is 2.16. The lowest BCUT2D eigenvalue weighted by Gasteiger charge is -2.10. The zero-order valence-electron chi connectivity index (χ0n) is 13.8. The molecule has 0 atom stereocenters. The van der Waals surface area contributed by atoms with Crippen molar-refractivity contribution in [3.63, 3.8) is 0 Å². The van der Waals surface area contributed by atoms with Gasteiger partial charge in [-0.3, -0.25) is 14.2 Å². The molecule has 3 aromatic rings. The Kier molecular flexibility index (Phi) is 4.38. The summed E-state index contributed by atoms with van der Waals surface area (Å²) in [7, 11) is 0. The van der Waals surface area contributed by atoms with Gasteiger partial charge < -0.3 is 14.7 Å². The Morgan fingerprint density at radius 2 is 2.04 bits per heavy atom. The van der Waals surface area contributed by atoms with Crippen LogP contribution in [0.1, 0.15) is 27.2 Å². The van der Waals surface area contributed by atoms with Crippen molar-refractivity contribution < 1.29 is 9.21 Å². The van der Waals surface area contributed by atoms with Crippen LogP contribution in [0.3, 0.4) is 0 Å². The fraction of sp³-hybridized carbons (Fsp3) is 0.167. The predicted molar refractivity (Wildman–Crippen MR) is 93.0 cm³/mol. The standard InChI is InChI=1S/C18H17N3O4/c1-11-5-6-12(2)15(8-11)20-16(22)14-9-19-18(24)21(17(14)23)10-13-4-3-7-25-13/h3-9H,10H2,1-2H3,(H,19,24)(H,20,22). The van der Waals surface area contributed by atoms with E-state index < -0.39 is 17.2 Å². The molecular weight excluding hydrogens is 322 g/mol. The molecule has 128 valence electrons. The SMILES string of the molecule is Cc1ccc(C)c(NC(=O)c2c[nH]c(=O)n(Cc3ccco3)c2=O)c1. The molecule has 2 heterocycles. The molecule has 0 saturated carbocycles. The largest absolute Gasteiger partial charge is 0.467 e. The summed E-state index contributed by atoms with van der Waals surface area (Å²) in [5.74, 6) is -0.136. The number of H-pyrrole nitrogens is 1. The minimum absolute atomic E-state index is 0.0498. The number of aromatic amines is 1. The molecule has 3 rings (SSSR count). The molecule has 0 saturated heterocycles. The van der Waals surface area contributed by atoms with E-state index in [1.54, 1.807) is 12.1 Å². The van der Waals surface area contributed by atoms with Gasteiger partial charge in [-0.2, -0.15) is 0 Å². The van der Waals surface area contributed by atoms with Crippen LogP contribution >= 0.6 is 0 Å². The van der Waals surface area contributed by atoms with Gasteiger partial charge in [-0.15, -0.1) is 0 Å². The average molecular weight is 339 g/mol. The van der Waals surface area contributed by atoms with Gasteiger partial charge in [-0.1, -0.05) is 12.1 Å². The number of aryl methyl sites for hydroxylation is 2. The Morgan fingerprint density at radius 1 is 1.24 bits per heavy atom. The van der Waals surface area contributed by atoms with Crippen LogP contribution in [0.4, 0.5) is 5.69 Å². The second-order valence-electron chi connectivity index (χ2n) is 5.75. The third-order valence-corrected chi connectivity index (χ3v) is 3.84. The minimum atomic E-state index is -0.678. The first kappa shape index (κ1) is 16.5. The van der Waals surface area contributed by atoms with E-state index in [2.05, 4.69) is 10.3 Å². The quantitative estimate of drug-likeness (QED) is 0.760. The number of anilines is 1. The average Bonchev–Trinajstić information content (AvgIpc) is 3.08. The Hall–Kier alpha value is -3.35. The maximum atomic E-state index is 12.5. The number of rotatable bonds is 4. The zero-order valence-corrected chi connectivity index (χ0v) is 13.8. The summed E-state index contributed by atoms with van der Waals surface area (Å²) >= 11 is 0. The summed E-state index contributed by atoms with van der Waals surface area (Å²) in [6, 6.07) is 8.94. The molecule has 1 aromatic carbocycles. The van der Waals surface area contributed by atoms with Gasteiger partial charge in [-0.25, -0.2) is 4.79 Å². The minimum Gasteiger partial charge on any atom is -0.467 e. The monoisotopic (exact) mass is 339 g/mol. The molecule has 25 heavy (non-hydrogen) atoms. The summed E-state index contributed by atoms with van der Waals surface area (Å²) in [5.41, 5.74) is 1.05. The smallest absolute Gasteiger partial charge is 0.328 e. The van der Waals surface area contributed by atoms with Gasteiger partial charge in [0.25, 0.3) is 11.5 Å². The number of benzene rings is 1. The van der Waals surface area contributed by atoms with Crippen LogP contribution in [-0.2, 0) is 6.54 Å². The fourth-order valence-corrected chi connectivity index (χ4v) is 2.44. The second kappa shape index (κ2) is 6.64. The highest BCUT2D eigenvalue weighted by Gasteiger charge is 2.16. The predicted octanol–water partition coefficient (Wildman–Crippen LogP) is 2.05. The maximum Gasteiger partial charge on any atom is 0.328 e. The summed E-state index contributed by atoms with van der Waals surface area (Å²) < 4.78 is 6.09. The van der Waals surface area contributed by atoms with Crippen molar-refractivity contribution in [3.8, 4) is 0 Å². The molecule has 0 bridgehead atoms. The van der Waals surface area contributed by atoms with Gasteiger partial charge in [0.1, 0.15) is 11.3 Å². The van der Waals surface area contributed by atoms with Crippen molar-refractivity contribution in [2.24, 2.45) is 0 Å². The molecule has 1 amide bonds. The molecule has 0 unspecified atom stereocenters. The lowest BCUT2D eigenvalue weighted by atomic mass is 10.1. The third kappa shape index (κ3) is 3.45. The molecule has 0 radical (unpaired) electrons. The third-order valence-electron chi connectivity index (χ3n) is 3.84. The normalized spacial score (nSPS) is 10.6. The van der Waals surface area contributed by atoms with Crippen molar-refractivity contribution in [1.29, 1.82) is 0 Å². The lowest BCUT2D eigenvalue weighted by Crippen LogP contribution is -2.39. The van der Waals surface area contributed by atoms with Crippen LogP contribution < -0.4 is 16.6 Å². The Balaban J connectivity index is 1.94. The van der Waals surface area contributed by atoms with E-state index in [9.17, 15) is 14.4 Å². The first-order valence-electron chi connectivity index (χ1n) is 7.69. The molecule has 7 nitrogen and oxygen atoms in total. The van der Waals surface area contributed by atoms with Crippen LogP contribution in [0.15, 0.2) is 56.8 Å². The zero-order chi connectivity index (χ0) is 18.0. The van der Waals surface area contributed by atoms with Crippen molar-refractivity contribution >= 4 is 11.6 Å². The van der Waals surface area contributed by atoms with Gasteiger partial charge in [0.2, 0.25) is 0 Å². The van der Waals surface area contributed by atoms with Gasteiger partial charge in [-0.05, 0) is 43.2 Å². The first-order valence-corrected chi connectivity index (χ1v) is 7.69. The van der Waals surface area contributed by atoms with Crippen LogP contribution in [-0.4, -0.2) is 15.5 Å². The topological polar surface area (TPSA) is 97.1 Å². The number of amides is 1.